The van der Waals surface area contributed by atoms with E-state index in [1.807, 2.05) is 12.1 Å². The number of carbonyl (C=O) groups excluding carboxylic acids is 1. The quantitative estimate of drug-likeness (QED) is 0.669. The number of pyridine rings is 1. The van der Waals surface area contributed by atoms with E-state index in [1.54, 1.807) is 25.4 Å². The summed E-state index contributed by atoms with van der Waals surface area (Å²) >= 11 is 0. The Balaban J connectivity index is 1.54. The van der Waals surface area contributed by atoms with Crippen LogP contribution in [-0.4, -0.2) is 74.8 Å². The van der Waals surface area contributed by atoms with E-state index >= 15 is 0 Å². The first-order chi connectivity index (χ1) is 15.4. The number of halogens is 2. The summed E-state index contributed by atoms with van der Waals surface area (Å²) in [5.41, 5.74) is 1.69. The van der Waals surface area contributed by atoms with Crippen molar-refractivity contribution in [2.75, 3.05) is 52.3 Å². The third-order valence-electron chi connectivity index (χ3n) is 5.29. The first-order valence-electron chi connectivity index (χ1n) is 10.3. The fraction of sp³-hybridized carbons (Fsp3) is 0.455. The number of piperazine rings is 1. The number of likely N-dealkylation sites (N-methyl/N-ethyl adjacent to an activating group) is 1. The maximum atomic E-state index is 12.5. The lowest BCUT2D eigenvalue weighted by Crippen LogP contribution is -2.44. The highest BCUT2D eigenvalue weighted by Gasteiger charge is 2.16. The molecule has 0 unspecified atom stereocenters. The molecule has 2 heterocycles. The van der Waals surface area contributed by atoms with Crippen molar-refractivity contribution >= 4 is 11.8 Å². The largest absolute Gasteiger partial charge is 0.493 e. The Morgan fingerprint density at radius 2 is 1.91 bits per heavy atom. The summed E-state index contributed by atoms with van der Waals surface area (Å²) in [4.78, 5) is 23.0. The van der Waals surface area contributed by atoms with Crippen LogP contribution in [0.4, 0.5) is 19.4 Å². The molecule has 3 rings (SSSR count). The number of hydrogen-bond donors (Lipinski definition) is 1. The van der Waals surface area contributed by atoms with Crippen LogP contribution in [0.2, 0.25) is 0 Å². The number of carbonyl (C=O) groups is 1. The Bertz CT molecular complexity index is 907. The Labute approximate surface area is 186 Å². The summed E-state index contributed by atoms with van der Waals surface area (Å²) in [6.45, 7) is 1.55. The number of anilines is 1. The van der Waals surface area contributed by atoms with Gasteiger partial charge in [0.15, 0.2) is 11.5 Å². The van der Waals surface area contributed by atoms with E-state index in [1.165, 1.54) is 18.1 Å². The third kappa shape index (κ3) is 6.43. The van der Waals surface area contributed by atoms with Crippen LogP contribution >= 0.6 is 0 Å². The van der Waals surface area contributed by atoms with Gasteiger partial charge in [0.1, 0.15) is 5.82 Å². The Morgan fingerprint density at radius 1 is 1.16 bits per heavy atom. The second-order valence-electron chi connectivity index (χ2n) is 7.69. The fourth-order valence-corrected chi connectivity index (χ4v) is 3.44. The molecule has 2 amide bonds. The molecule has 1 aromatic heterocycles. The number of rotatable bonds is 8. The molecule has 1 aliphatic heterocycles. The molecular formula is C22H29F2N5O3. The molecule has 1 fully saturated rings. The van der Waals surface area contributed by atoms with Crippen molar-refractivity contribution in [3.05, 3.63) is 47.7 Å². The highest BCUT2D eigenvalue weighted by Crippen LogP contribution is 2.29. The van der Waals surface area contributed by atoms with Gasteiger partial charge in [-0.1, -0.05) is 6.07 Å². The van der Waals surface area contributed by atoms with E-state index in [9.17, 15) is 13.6 Å². The van der Waals surface area contributed by atoms with E-state index in [-0.39, 0.29) is 24.1 Å². The van der Waals surface area contributed by atoms with E-state index in [0.29, 0.717) is 6.54 Å². The molecule has 8 nitrogen and oxygen atoms in total. The van der Waals surface area contributed by atoms with Crippen molar-refractivity contribution in [2.45, 2.75) is 19.7 Å². The minimum absolute atomic E-state index is 0.0489. The molecule has 0 atom stereocenters. The van der Waals surface area contributed by atoms with E-state index < -0.39 is 6.61 Å². The van der Waals surface area contributed by atoms with Gasteiger partial charge in [0, 0.05) is 52.5 Å². The molecule has 1 N–H and O–H groups in total. The van der Waals surface area contributed by atoms with Gasteiger partial charge in [0.25, 0.3) is 0 Å². The first-order valence-corrected chi connectivity index (χ1v) is 10.3. The van der Waals surface area contributed by atoms with Gasteiger partial charge in [-0.2, -0.15) is 8.78 Å². The zero-order valence-corrected chi connectivity index (χ0v) is 18.6. The molecule has 0 saturated carbocycles. The normalized spacial score (nSPS) is 14.4. The Morgan fingerprint density at radius 3 is 2.59 bits per heavy atom. The number of benzene rings is 1. The molecule has 1 saturated heterocycles. The van der Waals surface area contributed by atoms with Crippen molar-refractivity contribution in [1.82, 2.24) is 20.1 Å². The number of aromatic nitrogens is 1. The van der Waals surface area contributed by atoms with Crippen LogP contribution < -0.4 is 19.7 Å². The van der Waals surface area contributed by atoms with Crippen molar-refractivity contribution < 1.29 is 23.0 Å². The molecular weight excluding hydrogens is 420 g/mol. The number of alkyl halides is 2. The number of nitrogens with zero attached hydrogens (tertiary/aromatic N) is 4. The number of amides is 2. The average molecular weight is 450 g/mol. The number of urea groups is 1. The first kappa shape index (κ1) is 23.5. The summed E-state index contributed by atoms with van der Waals surface area (Å²) < 4.78 is 34.5. The van der Waals surface area contributed by atoms with Crippen molar-refractivity contribution in [3.63, 3.8) is 0 Å². The predicted molar refractivity (Wildman–Crippen MR) is 117 cm³/mol. The van der Waals surface area contributed by atoms with E-state index in [2.05, 4.69) is 31.9 Å². The van der Waals surface area contributed by atoms with Crippen LogP contribution in [0.1, 0.15) is 11.1 Å². The van der Waals surface area contributed by atoms with Crippen molar-refractivity contribution in [2.24, 2.45) is 0 Å². The highest BCUT2D eigenvalue weighted by atomic mass is 19.3. The number of hydrogen-bond acceptors (Lipinski definition) is 6. The molecule has 0 bridgehead atoms. The molecule has 1 aromatic carbocycles. The molecule has 32 heavy (non-hydrogen) atoms. The number of methoxy groups -OCH3 is 1. The second-order valence-corrected chi connectivity index (χ2v) is 7.69. The van der Waals surface area contributed by atoms with E-state index in [0.717, 1.165) is 43.1 Å². The Hall–Kier alpha value is -3.14. The molecule has 174 valence electrons. The average Bonchev–Trinajstić information content (AvgIpc) is 2.78. The molecule has 2 aromatic rings. The van der Waals surface area contributed by atoms with Gasteiger partial charge in [-0.3, -0.25) is 0 Å². The number of ether oxygens (including phenoxy) is 2. The lowest BCUT2D eigenvalue weighted by Gasteiger charge is -2.33. The van der Waals surface area contributed by atoms with Gasteiger partial charge in [-0.25, -0.2) is 9.78 Å². The van der Waals surface area contributed by atoms with Gasteiger partial charge in [0.05, 0.1) is 7.11 Å². The van der Waals surface area contributed by atoms with Crippen LogP contribution in [-0.2, 0) is 13.1 Å². The molecule has 0 radical (unpaired) electrons. The third-order valence-corrected chi connectivity index (χ3v) is 5.29. The van der Waals surface area contributed by atoms with Crippen molar-refractivity contribution in [3.8, 4) is 11.5 Å². The van der Waals surface area contributed by atoms with Gasteiger partial charge in [-0.15, -0.1) is 0 Å². The zero-order chi connectivity index (χ0) is 23.1. The SMILES string of the molecule is COc1cc(CN(C)C(=O)NCc2ccnc(N3CCN(C)CC3)c2)ccc1OC(F)F. The van der Waals surface area contributed by atoms with Crippen LogP contribution in [0, 0.1) is 0 Å². The molecule has 0 aliphatic carbocycles. The molecule has 0 spiro atoms. The van der Waals surface area contributed by atoms with E-state index in [4.69, 9.17) is 4.74 Å². The lowest BCUT2D eigenvalue weighted by molar-refractivity contribution is -0.0512. The fourth-order valence-electron chi connectivity index (χ4n) is 3.44. The molecule has 1 aliphatic rings. The van der Waals surface area contributed by atoms with Crippen molar-refractivity contribution in [1.29, 1.82) is 0 Å². The highest BCUT2D eigenvalue weighted by molar-refractivity contribution is 5.74. The smallest absolute Gasteiger partial charge is 0.387 e. The standard InChI is InChI=1S/C22H29F2N5O3/c1-27-8-10-29(11-9-27)20-13-16(6-7-25-20)14-26-22(30)28(2)15-17-4-5-18(32-21(23)24)19(12-17)31-3/h4-7,12-13,21H,8-11,14-15H2,1-3H3,(H,26,30). The summed E-state index contributed by atoms with van der Waals surface area (Å²) in [5.74, 6) is 1.05. The van der Waals surface area contributed by atoms with Gasteiger partial charge >= 0.3 is 12.6 Å². The minimum Gasteiger partial charge on any atom is -0.493 e. The lowest BCUT2D eigenvalue weighted by atomic mass is 10.2. The Kier molecular flexibility index (Phi) is 8.04. The van der Waals surface area contributed by atoms with Gasteiger partial charge in [0.2, 0.25) is 0 Å². The summed E-state index contributed by atoms with van der Waals surface area (Å²) in [6, 6.07) is 8.23. The summed E-state index contributed by atoms with van der Waals surface area (Å²) in [6.07, 6.45) is 1.76. The van der Waals surface area contributed by atoms with Crippen LogP contribution in [0.25, 0.3) is 0 Å². The topological polar surface area (TPSA) is 70.2 Å². The zero-order valence-electron chi connectivity index (χ0n) is 18.6. The maximum Gasteiger partial charge on any atom is 0.387 e. The monoisotopic (exact) mass is 449 g/mol. The minimum atomic E-state index is -2.94. The maximum absolute atomic E-state index is 12.5. The summed E-state index contributed by atoms with van der Waals surface area (Å²) in [5, 5.41) is 2.90. The van der Waals surface area contributed by atoms with Gasteiger partial charge in [-0.05, 0) is 42.4 Å². The van der Waals surface area contributed by atoms with Crippen LogP contribution in [0.5, 0.6) is 11.5 Å². The number of nitrogens with one attached hydrogen (secondary N) is 1. The second kappa shape index (κ2) is 10.9. The van der Waals surface area contributed by atoms with Crippen LogP contribution in [0.15, 0.2) is 36.5 Å². The van der Waals surface area contributed by atoms with Crippen LogP contribution in [0.3, 0.4) is 0 Å². The van der Waals surface area contributed by atoms with Gasteiger partial charge < -0.3 is 29.5 Å². The molecule has 10 heteroatoms. The predicted octanol–water partition coefficient (Wildman–Crippen LogP) is 2.79. The summed E-state index contributed by atoms with van der Waals surface area (Å²) in [7, 11) is 5.14.